The van der Waals surface area contributed by atoms with E-state index in [2.05, 4.69) is 15.9 Å². The first-order valence-corrected chi connectivity index (χ1v) is 5.80. The highest BCUT2D eigenvalue weighted by molar-refractivity contribution is 9.10. The number of carbonyl (C=O) groups is 1. The Morgan fingerprint density at radius 1 is 1.21 bits per heavy atom. The smallest absolute Gasteiger partial charge is 0.337 e. The highest BCUT2D eigenvalue weighted by atomic mass is 79.9. The fourth-order valence-corrected chi connectivity index (χ4v) is 1.83. The van der Waals surface area contributed by atoms with Crippen molar-refractivity contribution in [1.29, 1.82) is 0 Å². The number of hydrogen-bond acceptors (Lipinski definition) is 2. The van der Waals surface area contributed by atoms with Crippen molar-refractivity contribution in [3.05, 3.63) is 62.5 Å². The third-order valence-electron chi connectivity index (χ3n) is 2.41. The second kappa shape index (κ2) is 4.93. The van der Waals surface area contributed by atoms with E-state index in [1.54, 1.807) is 0 Å². The van der Waals surface area contributed by atoms with Crippen LogP contribution in [0.1, 0.15) is 10.4 Å². The first kappa shape index (κ1) is 13.4. The van der Waals surface area contributed by atoms with Crippen molar-refractivity contribution in [1.82, 2.24) is 4.57 Å². The molecule has 0 saturated heterocycles. The standard InChI is InChI=1S/C12H6BrF2NO3/c13-7-3-10(9(15)4-8(7)14)16-5-6(12(18)19)1-2-11(16)17/h1-5H,(H,18,19). The Kier molecular flexibility index (Phi) is 3.48. The van der Waals surface area contributed by atoms with E-state index >= 15 is 0 Å². The molecule has 0 atom stereocenters. The molecular weight excluding hydrogens is 324 g/mol. The fraction of sp³-hybridized carbons (Fsp3) is 0. The molecule has 1 aromatic carbocycles. The zero-order chi connectivity index (χ0) is 14.2. The number of aromatic carboxylic acids is 1. The molecule has 0 aliphatic heterocycles. The molecule has 1 aromatic heterocycles. The number of carboxylic acid groups (broad SMARTS) is 1. The van der Waals surface area contributed by atoms with Gasteiger partial charge in [-0.3, -0.25) is 9.36 Å². The van der Waals surface area contributed by atoms with E-state index in [0.717, 1.165) is 29.0 Å². The molecule has 4 nitrogen and oxygen atoms in total. The van der Waals surface area contributed by atoms with E-state index in [1.807, 2.05) is 0 Å². The summed E-state index contributed by atoms with van der Waals surface area (Å²) < 4.78 is 27.6. The fourth-order valence-electron chi connectivity index (χ4n) is 1.50. The molecule has 1 heterocycles. The lowest BCUT2D eigenvalue weighted by Gasteiger charge is -2.08. The number of aromatic nitrogens is 1. The minimum atomic E-state index is -1.25. The summed E-state index contributed by atoms with van der Waals surface area (Å²) in [6.07, 6.45) is 0.980. The maximum atomic E-state index is 13.7. The minimum absolute atomic E-state index is 0.0310. The van der Waals surface area contributed by atoms with Gasteiger partial charge in [0.25, 0.3) is 5.56 Å². The van der Waals surface area contributed by atoms with Crippen molar-refractivity contribution in [3.8, 4) is 5.69 Å². The van der Waals surface area contributed by atoms with E-state index in [4.69, 9.17) is 5.11 Å². The Hall–Kier alpha value is -2.02. The number of pyridine rings is 1. The monoisotopic (exact) mass is 329 g/mol. The van der Waals surface area contributed by atoms with E-state index in [-0.39, 0.29) is 15.7 Å². The van der Waals surface area contributed by atoms with Crippen LogP contribution in [0, 0.1) is 11.6 Å². The lowest BCUT2D eigenvalue weighted by molar-refractivity contribution is 0.0696. The van der Waals surface area contributed by atoms with Crippen molar-refractivity contribution in [3.63, 3.8) is 0 Å². The van der Waals surface area contributed by atoms with Gasteiger partial charge in [0.1, 0.15) is 11.6 Å². The molecule has 0 amide bonds. The normalized spacial score (nSPS) is 10.5. The van der Waals surface area contributed by atoms with E-state index in [9.17, 15) is 18.4 Å². The van der Waals surface area contributed by atoms with Crippen LogP contribution in [0.2, 0.25) is 0 Å². The van der Waals surface area contributed by atoms with Gasteiger partial charge >= 0.3 is 5.97 Å². The number of rotatable bonds is 2. The zero-order valence-corrected chi connectivity index (χ0v) is 10.8. The van der Waals surface area contributed by atoms with Crippen LogP contribution in [0.3, 0.4) is 0 Å². The molecule has 0 aliphatic rings. The summed E-state index contributed by atoms with van der Waals surface area (Å²) in [7, 11) is 0. The van der Waals surface area contributed by atoms with Gasteiger partial charge in [-0.05, 0) is 28.1 Å². The predicted octanol–water partition coefficient (Wildman–Crippen LogP) is 2.58. The maximum Gasteiger partial charge on any atom is 0.337 e. The molecule has 0 radical (unpaired) electrons. The summed E-state index contributed by atoms with van der Waals surface area (Å²) in [6, 6.07) is 3.79. The quantitative estimate of drug-likeness (QED) is 0.861. The van der Waals surface area contributed by atoms with Gasteiger partial charge in [0, 0.05) is 18.3 Å². The van der Waals surface area contributed by atoms with Crippen molar-refractivity contribution in [2.75, 3.05) is 0 Å². The third kappa shape index (κ3) is 2.55. The first-order valence-electron chi connectivity index (χ1n) is 5.01. The summed E-state index contributed by atoms with van der Waals surface area (Å²) in [5.74, 6) is -3.04. The van der Waals surface area contributed by atoms with Crippen LogP contribution in [0.15, 0.2) is 39.7 Å². The molecule has 0 aliphatic carbocycles. The molecule has 7 heteroatoms. The van der Waals surface area contributed by atoms with Gasteiger partial charge in [-0.2, -0.15) is 0 Å². The molecule has 1 N–H and O–H groups in total. The topological polar surface area (TPSA) is 59.3 Å². The average Bonchev–Trinajstić information content (AvgIpc) is 2.34. The molecule has 2 rings (SSSR count). The lowest BCUT2D eigenvalue weighted by Crippen LogP contribution is -2.19. The maximum absolute atomic E-state index is 13.7. The Balaban J connectivity index is 2.71. The number of halogens is 3. The summed E-state index contributed by atoms with van der Waals surface area (Å²) in [5, 5.41) is 8.84. The van der Waals surface area contributed by atoms with Gasteiger partial charge in [-0.1, -0.05) is 0 Å². The van der Waals surface area contributed by atoms with Crippen LogP contribution in [0.25, 0.3) is 5.69 Å². The van der Waals surface area contributed by atoms with Gasteiger partial charge in [0.05, 0.1) is 15.7 Å². The molecule has 2 aromatic rings. The minimum Gasteiger partial charge on any atom is -0.478 e. The largest absolute Gasteiger partial charge is 0.478 e. The molecule has 0 fully saturated rings. The van der Waals surface area contributed by atoms with Gasteiger partial charge in [-0.25, -0.2) is 13.6 Å². The third-order valence-corrected chi connectivity index (χ3v) is 3.02. The highest BCUT2D eigenvalue weighted by Gasteiger charge is 2.13. The van der Waals surface area contributed by atoms with Gasteiger partial charge in [-0.15, -0.1) is 0 Å². The zero-order valence-electron chi connectivity index (χ0n) is 9.23. The number of nitrogens with zero attached hydrogens (tertiary/aromatic N) is 1. The first-order chi connectivity index (χ1) is 8.90. The highest BCUT2D eigenvalue weighted by Crippen LogP contribution is 2.22. The average molecular weight is 330 g/mol. The van der Waals surface area contributed by atoms with Crippen molar-refractivity contribution < 1.29 is 18.7 Å². The van der Waals surface area contributed by atoms with Crippen LogP contribution in [-0.4, -0.2) is 15.6 Å². The Labute approximate surface area is 114 Å². The molecule has 0 saturated carbocycles. The summed E-state index contributed by atoms with van der Waals surface area (Å²) in [4.78, 5) is 22.5. The Bertz CT molecular complexity index is 727. The summed E-state index contributed by atoms with van der Waals surface area (Å²) in [5.41, 5.74) is -1.04. The van der Waals surface area contributed by atoms with Crippen molar-refractivity contribution >= 4 is 21.9 Å². The summed E-state index contributed by atoms with van der Waals surface area (Å²) in [6.45, 7) is 0. The molecule has 0 spiro atoms. The van der Waals surface area contributed by atoms with Crippen LogP contribution in [-0.2, 0) is 0 Å². The van der Waals surface area contributed by atoms with Crippen LogP contribution in [0.5, 0.6) is 0 Å². The molecule has 19 heavy (non-hydrogen) atoms. The molecule has 0 bridgehead atoms. The second-order valence-electron chi connectivity index (χ2n) is 3.65. The Morgan fingerprint density at radius 2 is 1.89 bits per heavy atom. The second-order valence-corrected chi connectivity index (χ2v) is 4.50. The lowest BCUT2D eigenvalue weighted by atomic mass is 10.2. The van der Waals surface area contributed by atoms with Crippen molar-refractivity contribution in [2.45, 2.75) is 0 Å². The SMILES string of the molecule is O=C(O)c1ccc(=O)n(-c2cc(Br)c(F)cc2F)c1. The van der Waals surface area contributed by atoms with Crippen molar-refractivity contribution in [2.24, 2.45) is 0 Å². The molecule has 98 valence electrons. The van der Waals surface area contributed by atoms with E-state index in [1.165, 1.54) is 0 Å². The van der Waals surface area contributed by atoms with Gasteiger partial charge in [0.2, 0.25) is 0 Å². The van der Waals surface area contributed by atoms with E-state index < -0.39 is 23.2 Å². The van der Waals surface area contributed by atoms with Crippen LogP contribution in [0.4, 0.5) is 8.78 Å². The van der Waals surface area contributed by atoms with Crippen LogP contribution < -0.4 is 5.56 Å². The van der Waals surface area contributed by atoms with E-state index in [0.29, 0.717) is 6.07 Å². The Morgan fingerprint density at radius 3 is 2.53 bits per heavy atom. The number of benzene rings is 1. The molecular formula is C12H6BrF2NO3. The summed E-state index contributed by atoms with van der Waals surface area (Å²) >= 11 is 2.88. The van der Waals surface area contributed by atoms with Gasteiger partial charge in [0.15, 0.2) is 0 Å². The molecule has 0 unspecified atom stereocenters. The number of carboxylic acids is 1. The number of hydrogen-bond donors (Lipinski definition) is 1. The predicted molar refractivity (Wildman–Crippen MR) is 66.6 cm³/mol. The van der Waals surface area contributed by atoms with Gasteiger partial charge < -0.3 is 5.11 Å². The van der Waals surface area contributed by atoms with Crippen LogP contribution >= 0.6 is 15.9 Å².